The normalized spacial score (nSPS) is 11.6. The summed E-state index contributed by atoms with van der Waals surface area (Å²) in [6, 6.07) is 82.9. The topological polar surface area (TPSA) is 21.3 Å². The number of anilines is 3. The van der Waals surface area contributed by atoms with Gasteiger partial charge in [0.15, 0.2) is 0 Å². The maximum absolute atomic E-state index is 6.62. The van der Waals surface area contributed by atoms with Crippen LogP contribution in [0.1, 0.15) is 0 Å². The number of rotatable bonds is 7. The second kappa shape index (κ2) is 14.3. The molecule has 2 heterocycles. The first-order chi connectivity index (χ1) is 30.3. The number of para-hydroxylation sites is 6. The highest BCUT2D eigenvalue weighted by atomic mass is 16.3. The van der Waals surface area contributed by atoms with E-state index in [4.69, 9.17) is 4.42 Å². The van der Waals surface area contributed by atoms with Gasteiger partial charge in [-0.15, -0.1) is 0 Å². The number of aromatic nitrogens is 1. The van der Waals surface area contributed by atoms with Crippen LogP contribution < -0.4 is 4.90 Å². The highest BCUT2D eigenvalue weighted by Gasteiger charge is 2.22. The fraction of sp³-hybridized carbons (Fsp3) is 0. The Morgan fingerprint density at radius 1 is 0.328 bits per heavy atom. The van der Waals surface area contributed by atoms with Gasteiger partial charge < -0.3 is 13.9 Å². The van der Waals surface area contributed by atoms with Crippen LogP contribution in [0.4, 0.5) is 17.1 Å². The molecule has 0 fully saturated rings. The second-order valence-electron chi connectivity index (χ2n) is 15.6. The summed E-state index contributed by atoms with van der Waals surface area (Å²) in [5, 5.41) is 7.11. The van der Waals surface area contributed by atoms with Gasteiger partial charge in [-0.05, 0) is 70.6 Å². The largest absolute Gasteiger partial charge is 0.455 e. The van der Waals surface area contributed by atoms with E-state index < -0.39 is 0 Å². The summed E-state index contributed by atoms with van der Waals surface area (Å²) in [5.74, 6) is 0. The molecule has 0 unspecified atom stereocenters. The molecule has 0 saturated heterocycles. The molecular formula is C58H38N2O. The van der Waals surface area contributed by atoms with Crippen molar-refractivity contribution in [3.8, 4) is 39.1 Å². The Kier molecular flexibility index (Phi) is 8.17. The van der Waals surface area contributed by atoms with Gasteiger partial charge in [-0.25, -0.2) is 0 Å². The maximum Gasteiger partial charge on any atom is 0.143 e. The Morgan fingerprint density at radius 3 is 1.64 bits per heavy atom. The maximum atomic E-state index is 6.62. The lowest BCUT2D eigenvalue weighted by Gasteiger charge is -2.29. The van der Waals surface area contributed by atoms with Crippen LogP contribution in [0, 0.1) is 0 Å². The molecule has 12 rings (SSSR count). The molecule has 10 aromatic carbocycles. The summed E-state index contributed by atoms with van der Waals surface area (Å²) in [6.07, 6.45) is 0. The first kappa shape index (κ1) is 34.9. The average Bonchev–Trinajstić information content (AvgIpc) is 3.88. The molecule has 0 bridgehead atoms. The number of hydrogen-bond donors (Lipinski definition) is 0. The van der Waals surface area contributed by atoms with Crippen molar-refractivity contribution in [2.45, 2.75) is 0 Å². The van der Waals surface area contributed by atoms with Gasteiger partial charge in [0.25, 0.3) is 0 Å². The Morgan fingerprint density at radius 2 is 0.852 bits per heavy atom. The van der Waals surface area contributed by atoms with Gasteiger partial charge in [0.2, 0.25) is 0 Å². The van der Waals surface area contributed by atoms with Crippen molar-refractivity contribution in [3.63, 3.8) is 0 Å². The third-order valence-electron chi connectivity index (χ3n) is 12.2. The Balaban J connectivity index is 1.02. The zero-order valence-electron chi connectivity index (χ0n) is 33.2. The summed E-state index contributed by atoms with van der Waals surface area (Å²) < 4.78 is 9.04. The Labute approximate surface area is 353 Å². The fourth-order valence-electron chi connectivity index (χ4n) is 9.51. The molecule has 0 aliphatic rings. The average molecular weight is 779 g/mol. The molecule has 3 nitrogen and oxygen atoms in total. The molecule has 0 aliphatic heterocycles. The van der Waals surface area contributed by atoms with Crippen LogP contribution >= 0.6 is 0 Å². The van der Waals surface area contributed by atoms with E-state index in [0.717, 1.165) is 61.4 Å². The van der Waals surface area contributed by atoms with Crippen LogP contribution in [-0.4, -0.2) is 4.57 Å². The monoisotopic (exact) mass is 778 g/mol. The van der Waals surface area contributed by atoms with Crippen molar-refractivity contribution < 1.29 is 4.42 Å². The lowest BCUT2D eigenvalue weighted by Crippen LogP contribution is -2.11. The van der Waals surface area contributed by atoms with Gasteiger partial charge in [0.1, 0.15) is 11.2 Å². The highest BCUT2D eigenvalue weighted by molar-refractivity contribution is 6.12. The van der Waals surface area contributed by atoms with Crippen LogP contribution in [0.2, 0.25) is 0 Å². The van der Waals surface area contributed by atoms with E-state index in [-0.39, 0.29) is 0 Å². The minimum atomic E-state index is 0.891. The van der Waals surface area contributed by atoms with E-state index >= 15 is 0 Å². The van der Waals surface area contributed by atoms with Crippen molar-refractivity contribution in [3.05, 3.63) is 231 Å². The van der Waals surface area contributed by atoms with Crippen LogP contribution in [0.3, 0.4) is 0 Å². The number of furan rings is 1. The van der Waals surface area contributed by atoms with E-state index in [0.29, 0.717) is 0 Å². The summed E-state index contributed by atoms with van der Waals surface area (Å²) in [4.78, 5) is 2.41. The smallest absolute Gasteiger partial charge is 0.143 e. The van der Waals surface area contributed by atoms with Crippen molar-refractivity contribution in [1.29, 1.82) is 0 Å². The minimum Gasteiger partial charge on any atom is -0.455 e. The van der Waals surface area contributed by atoms with Crippen LogP contribution in [0.15, 0.2) is 235 Å². The molecule has 0 N–H and O–H groups in total. The van der Waals surface area contributed by atoms with Crippen molar-refractivity contribution in [1.82, 2.24) is 4.57 Å². The molecule has 2 aromatic heterocycles. The van der Waals surface area contributed by atoms with Crippen LogP contribution in [-0.2, 0) is 0 Å². The van der Waals surface area contributed by atoms with Gasteiger partial charge in [0, 0.05) is 49.3 Å². The second-order valence-corrected chi connectivity index (χ2v) is 15.6. The zero-order valence-corrected chi connectivity index (χ0v) is 33.2. The van der Waals surface area contributed by atoms with Crippen molar-refractivity contribution in [2.75, 3.05) is 4.90 Å². The lowest BCUT2D eigenvalue weighted by molar-refractivity contribution is 0.670. The van der Waals surface area contributed by atoms with Gasteiger partial charge in [-0.3, -0.25) is 0 Å². The standard InChI is InChI=1S/C58H38N2O/c1-2-20-43-39(17-1)18-15-33-52(43)59(53-29-10-8-25-48(53)50-27-16-28-51-49-26-9-14-34-57(49)61-58(50)51)41-37-35-40(36-38-41)42-19-3-4-21-44(42)45-22-5-11-30-54(45)60-55-31-12-6-23-46(55)47-24-7-13-32-56(47)60/h1-38H. The van der Waals surface area contributed by atoms with Crippen molar-refractivity contribution >= 4 is 71.6 Å². The molecule has 12 aromatic rings. The number of nitrogens with zero attached hydrogens (tertiary/aromatic N) is 2. The molecule has 0 spiro atoms. The third kappa shape index (κ3) is 5.66. The molecule has 0 radical (unpaired) electrons. The zero-order chi connectivity index (χ0) is 40.3. The number of benzene rings is 10. The molecule has 0 amide bonds. The molecule has 61 heavy (non-hydrogen) atoms. The minimum absolute atomic E-state index is 0.891. The van der Waals surface area contributed by atoms with Gasteiger partial charge >= 0.3 is 0 Å². The third-order valence-corrected chi connectivity index (χ3v) is 12.2. The number of fused-ring (bicyclic) bond motifs is 7. The van der Waals surface area contributed by atoms with E-state index in [1.807, 2.05) is 6.07 Å². The lowest BCUT2D eigenvalue weighted by atomic mass is 9.93. The SMILES string of the molecule is c1ccc(-c2ccccc2-n2c3ccccc3c3ccccc32)c(-c2ccc(N(c3ccccc3-c3cccc4c3oc3ccccc34)c3cccc4ccccc34)cc2)c1. The molecule has 286 valence electrons. The van der Waals surface area contributed by atoms with Gasteiger partial charge in [-0.1, -0.05) is 182 Å². The molecule has 0 atom stereocenters. The summed E-state index contributed by atoms with van der Waals surface area (Å²) in [5.41, 5.74) is 15.4. The predicted octanol–water partition coefficient (Wildman–Crippen LogP) is 16.3. The van der Waals surface area contributed by atoms with Crippen molar-refractivity contribution in [2.24, 2.45) is 0 Å². The Bertz CT molecular complexity index is 3550. The van der Waals surface area contributed by atoms with Crippen LogP contribution in [0.5, 0.6) is 0 Å². The first-order valence-electron chi connectivity index (χ1n) is 20.9. The van der Waals surface area contributed by atoms with Gasteiger partial charge in [0.05, 0.1) is 28.1 Å². The molecule has 0 saturated carbocycles. The fourth-order valence-corrected chi connectivity index (χ4v) is 9.51. The predicted molar refractivity (Wildman–Crippen MR) is 257 cm³/mol. The molecule has 3 heteroatoms. The van der Waals surface area contributed by atoms with Crippen LogP contribution in [0.25, 0.3) is 93.6 Å². The van der Waals surface area contributed by atoms with E-state index in [1.165, 1.54) is 49.3 Å². The first-order valence-corrected chi connectivity index (χ1v) is 20.9. The Hall–Kier alpha value is -8.14. The summed E-state index contributed by atoms with van der Waals surface area (Å²) >= 11 is 0. The molecular weight excluding hydrogens is 741 g/mol. The van der Waals surface area contributed by atoms with E-state index in [1.54, 1.807) is 0 Å². The van der Waals surface area contributed by atoms with Gasteiger partial charge in [-0.2, -0.15) is 0 Å². The summed E-state index contributed by atoms with van der Waals surface area (Å²) in [6.45, 7) is 0. The van der Waals surface area contributed by atoms with E-state index in [9.17, 15) is 0 Å². The molecule has 0 aliphatic carbocycles. The quantitative estimate of drug-likeness (QED) is 0.161. The number of hydrogen-bond acceptors (Lipinski definition) is 2. The highest BCUT2D eigenvalue weighted by Crippen LogP contribution is 2.47. The van der Waals surface area contributed by atoms with E-state index in [2.05, 4.69) is 234 Å². The summed E-state index contributed by atoms with van der Waals surface area (Å²) in [7, 11) is 0.